The van der Waals surface area contributed by atoms with Crippen molar-refractivity contribution in [1.29, 1.82) is 0 Å². The second kappa shape index (κ2) is 5.61. The number of nitrogens with two attached hydrogens (primary N) is 1. The van der Waals surface area contributed by atoms with Crippen molar-refractivity contribution in [3.05, 3.63) is 57.2 Å². The summed E-state index contributed by atoms with van der Waals surface area (Å²) in [6, 6.07) is 12.1. The maximum absolute atomic E-state index is 13.6. The topological polar surface area (TPSA) is 52.0 Å². The second-order valence-corrected chi connectivity index (χ2v) is 6.18. The van der Waals surface area contributed by atoms with Crippen molar-refractivity contribution in [1.82, 2.24) is 5.16 Å². The molecule has 2 N–H and O–H groups in total. The van der Waals surface area contributed by atoms with Crippen LogP contribution in [0.15, 0.2) is 55.9 Å². The van der Waals surface area contributed by atoms with E-state index in [1.807, 2.05) is 24.3 Å². The van der Waals surface area contributed by atoms with E-state index in [1.54, 1.807) is 6.07 Å². The monoisotopic (exact) mass is 410 g/mol. The van der Waals surface area contributed by atoms with Crippen molar-refractivity contribution in [2.45, 2.75) is 0 Å². The molecule has 1 aromatic heterocycles. The molecule has 0 radical (unpaired) electrons. The van der Waals surface area contributed by atoms with Gasteiger partial charge in [0, 0.05) is 20.1 Å². The van der Waals surface area contributed by atoms with Crippen LogP contribution in [-0.4, -0.2) is 5.16 Å². The average molecular weight is 412 g/mol. The SMILES string of the molecule is Nc1onc(-c2cc(F)cc(Br)c2)c1-c1ccccc1Br. The predicted octanol–water partition coefficient (Wildman–Crippen LogP) is 5.25. The molecule has 3 aromatic rings. The lowest BCUT2D eigenvalue weighted by molar-refractivity contribution is 0.439. The number of hydrogen-bond acceptors (Lipinski definition) is 3. The van der Waals surface area contributed by atoms with Crippen LogP contribution in [0.2, 0.25) is 0 Å². The molecule has 0 saturated heterocycles. The minimum atomic E-state index is -0.362. The second-order valence-electron chi connectivity index (χ2n) is 4.41. The Balaban J connectivity index is 2.24. The minimum Gasteiger partial charge on any atom is -0.367 e. The summed E-state index contributed by atoms with van der Waals surface area (Å²) in [6.45, 7) is 0. The number of rotatable bonds is 2. The Labute approximate surface area is 137 Å². The zero-order chi connectivity index (χ0) is 15.0. The Bertz CT molecular complexity index is 797. The summed E-state index contributed by atoms with van der Waals surface area (Å²) in [7, 11) is 0. The van der Waals surface area contributed by atoms with E-state index in [2.05, 4.69) is 37.0 Å². The highest BCUT2D eigenvalue weighted by Crippen LogP contribution is 2.40. The third-order valence-electron chi connectivity index (χ3n) is 3.00. The van der Waals surface area contributed by atoms with E-state index in [0.717, 1.165) is 10.0 Å². The molecule has 0 aliphatic carbocycles. The van der Waals surface area contributed by atoms with Crippen LogP contribution in [0.1, 0.15) is 0 Å². The molecular weight excluding hydrogens is 403 g/mol. The van der Waals surface area contributed by atoms with E-state index in [-0.39, 0.29) is 11.7 Å². The summed E-state index contributed by atoms with van der Waals surface area (Å²) < 4.78 is 20.2. The molecular formula is C15H9Br2FN2O. The van der Waals surface area contributed by atoms with Crippen LogP contribution >= 0.6 is 31.9 Å². The molecule has 3 nitrogen and oxygen atoms in total. The lowest BCUT2D eigenvalue weighted by Crippen LogP contribution is -1.89. The molecule has 0 unspecified atom stereocenters. The molecule has 6 heteroatoms. The molecule has 21 heavy (non-hydrogen) atoms. The van der Waals surface area contributed by atoms with Gasteiger partial charge in [-0.15, -0.1) is 0 Å². The Morgan fingerprint density at radius 3 is 2.57 bits per heavy atom. The van der Waals surface area contributed by atoms with Gasteiger partial charge in [-0.2, -0.15) is 0 Å². The molecule has 0 atom stereocenters. The Morgan fingerprint density at radius 2 is 1.86 bits per heavy atom. The van der Waals surface area contributed by atoms with Crippen molar-refractivity contribution in [3.8, 4) is 22.4 Å². The normalized spacial score (nSPS) is 10.8. The van der Waals surface area contributed by atoms with Crippen molar-refractivity contribution in [2.24, 2.45) is 0 Å². The summed E-state index contributed by atoms with van der Waals surface area (Å²) >= 11 is 6.75. The standard InChI is InChI=1S/C15H9Br2FN2O/c16-9-5-8(6-10(18)7-9)14-13(15(19)21-20-14)11-3-1-2-4-12(11)17/h1-7H,19H2. The Hall–Kier alpha value is -1.66. The maximum atomic E-state index is 13.6. The fraction of sp³-hybridized carbons (Fsp3) is 0. The highest BCUT2D eigenvalue weighted by Gasteiger charge is 2.19. The number of halogens is 3. The first-order chi connectivity index (χ1) is 10.1. The van der Waals surface area contributed by atoms with Gasteiger partial charge >= 0.3 is 0 Å². The van der Waals surface area contributed by atoms with Gasteiger partial charge in [0.25, 0.3) is 0 Å². The molecule has 0 saturated carbocycles. The van der Waals surface area contributed by atoms with Gasteiger partial charge < -0.3 is 10.3 Å². The van der Waals surface area contributed by atoms with Crippen molar-refractivity contribution < 1.29 is 8.91 Å². The molecule has 0 spiro atoms. The van der Waals surface area contributed by atoms with Crippen LogP contribution in [0.4, 0.5) is 10.3 Å². The number of nitrogens with zero attached hydrogens (tertiary/aromatic N) is 1. The van der Waals surface area contributed by atoms with E-state index >= 15 is 0 Å². The lowest BCUT2D eigenvalue weighted by Gasteiger charge is -2.06. The number of anilines is 1. The van der Waals surface area contributed by atoms with Crippen LogP contribution < -0.4 is 5.73 Å². The van der Waals surface area contributed by atoms with Crippen molar-refractivity contribution in [2.75, 3.05) is 5.73 Å². The largest absolute Gasteiger partial charge is 0.367 e. The molecule has 0 amide bonds. The smallest absolute Gasteiger partial charge is 0.230 e. The van der Waals surface area contributed by atoms with E-state index in [4.69, 9.17) is 10.3 Å². The van der Waals surface area contributed by atoms with Crippen LogP contribution in [-0.2, 0) is 0 Å². The number of aromatic nitrogens is 1. The fourth-order valence-corrected chi connectivity index (χ4v) is 3.06. The molecule has 0 bridgehead atoms. The molecule has 1 heterocycles. The van der Waals surface area contributed by atoms with Crippen LogP contribution in [0.3, 0.4) is 0 Å². The van der Waals surface area contributed by atoms with Gasteiger partial charge in [0.1, 0.15) is 11.5 Å². The summed E-state index contributed by atoms with van der Waals surface area (Å²) in [4.78, 5) is 0. The van der Waals surface area contributed by atoms with Crippen molar-refractivity contribution >= 4 is 37.7 Å². The molecule has 2 aromatic carbocycles. The van der Waals surface area contributed by atoms with Gasteiger partial charge in [-0.1, -0.05) is 55.2 Å². The quantitative estimate of drug-likeness (QED) is 0.626. The summed E-state index contributed by atoms with van der Waals surface area (Å²) in [5.41, 5.74) is 8.47. The summed E-state index contributed by atoms with van der Waals surface area (Å²) in [6.07, 6.45) is 0. The van der Waals surface area contributed by atoms with E-state index < -0.39 is 0 Å². The Morgan fingerprint density at radius 1 is 1.10 bits per heavy atom. The zero-order valence-corrected chi connectivity index (χ0v) is 13.8. The van der Waals surface area contributed by atoms with E-state index in [0.29, 0.717) is 21.3 Å². The minimum absolute atomic E-state index is 0.192. The van der Waals surface area contributed by atoms with Crippen LogP contribution in [0.5, 0.6) is 0 Å². The molecule has 0 aliphatic rings. The number of benzene rings is 2. The lowest BCUT2D eigenvalue weighted by atomic mass is 10.0. The predicted molar refractivity (Wildman–Crippen MR) is 87.1 cm³/mol. The first kappa shape index (κ1) is 14.3. The van der Waals surface area contributed by atoms with Gasteiger partial charge in [0.15, 0.2) is 0 Å². The molecule has 0 aliphatic heterocycles. The van der Waals surface area contributed by atoms with Gasteiger partial charge in [0.2, 0.25) is 5.88 Å². The fourth-order valence-electron chi connectivity index (χ4n) is 2.11. The Kier molecular flexibility index (Phi) is 3.82. The zero-order valence-electron chi connectivity index (χ0n) is 10.6. The van der Waals surface area contributed by atoms with E-state index in [1.165, 1.54) is 12.1 Å². The number of nitrogen functional groups attached to an aromatic ring is 1. The van der Waals surface area contributed by atoms with Gasteiger partial charge in [-0.25, -0.2) is 4.39 Å². The average Bonchev–Trinajstić information content (AvgIpc) is 2.80. The van der Waals surface area contributed by atoms with Crippen molar-refractivity contribution in [3.63, 3.8) is 0 Å². The highest BCUT2D eigenvalue weighted by atomic mass is 79.9. The first-order valence-electron chi connectivity index (χ1n) is 6.03. The first-order valence-corrected chi connectivity index (χ1v) is 7.61. The summed E-state index contributed by atoms with van der Waals surface area (Å²) in [5.74, 6) is -0.170. The van der Waals surface area contributed by atoms with E-state index in [9.17, 15) is 4.39 Å². The van der Waals surface area contributed by atoms with Crippen LogP contribution in [0.25, 0.3) is 22.4 Å². The van der Waals surface area contributed by atoms with Gasteiger partial charge in [0.05, 0.1) is 5.56 Å². The number of hydrogen-bond donors (Lipinski definition) is 1. The summed E-state index contributed by atoms with van der Waals surface area (Å²) in [5, 5.41) is 3.98. The third kappa shape index (κ3) is 2.73. The van der Waals surface area contributed by atoms with Gasteiger partial charge in [-0.05, 0) is 24.3 Å². The maximum Gasteiger partial charge on any atom is 0.230 e. The molecule has 106 valence electrons. The van der Waals surface area contributed by atoms with Crippen LogP contribution in [0, 0.1) is 5.82 Å². The van der Waals surface area contributed by atoms with Gasteiger partial charge in [-0.3, -0.25) is 0 Å². The third-order valence-corrected chi connectivity index (χ3v) is 4.15. The molecule has 3 rings (SSSR count). The highest BCUT2D eigenvalue weighted by molar-refractivity contribution is 9.10. The molecule has 0 fully saturated rings.